The number of aromatic hydroxyl groups is 1. The number of nitrogens with zero attached hydrogens (tertiary/aromatic N) is 2. The Labute approximate surface area is 146 Å². The molecule has 0 aliphatic carbocycles. The van der Waals surface area contributed by atoms with Crippen molar-refractivity contribution in [3.8, 4) is 5.75 Å². The van der Waals surface area contributed by atoms with E-state index in [9.17, 15) is 33.5 Å². The van der Waals surface area contributed by atoms with E-state index in [1.54, 1.807) is 0 Å². The Bertz CT molecular complexity index is 694. The van der Waals surface area contributed by atoms with Crippen molar-refractivity contribution in [3.05, 3.63) is 33.9 Å². The molecule has 2 aliphatic heterocycles. The molecule has 3 rings (SSSR count). The molecule has 3 N–H and O–H groups in total. The molecule has 2 saturated heterocycles. The smallest absolute Gasteiger partial charge is 0.405 e. The molecule has 26 heavy (non-hydrogen) atoms. The highest BCUT2D eigenvalue weighted by Crippen LogP contribution is 2.44. The highest BCUT2D eigenvalue weighted by atomic mass is 19.4. The average molecular weight is 377 g/mol. The molecule has 2 aliphatic rings. The summed E-state index contributed by atoms with van der Waals surface area (Å²) in [6.07, 6.45) is -5.60. The van der Waals surface area contributed by atoms with Gasteiger partial charge in [-0.05, 0) is 24.5 Å². The zero-order chi connectivity index (χ0) is 19.1. The molecule has 11 heteroatoms. The van der Waals surface area contributed by atoms with E-state index in [4.69, 9.17) is 4.74 Å². The summed E-state index contributed by atoms with van der Waals surface area (Å²) in [6.45, 7) is -0.0392. The third kappa shape index (κ3) is 3.22. The van der Waals surface area contributed by atoms with Crippen LogP contribution in [-0.4, -0.2) is 58.4 Å². The van der Waals surface area contributed by atoms with Crippen LogP contribution in [0.2, 0.25) is 0 Å². The number of benzene rings is 1. The van der Waals surface area contributed by atoms with Gasteiger partial charge in [-0.3, -0.25) is 20.3 Å². The molecule has 1 aromatic rings. The number of nitrogens with one attached hydrogen (secondary N) is 1. The van der Waals surface area contributed by atoms with Crippen molar-refractivity contribution in [2.45, 2.75) is 37.0 Å². The second-order valence-corrected chi connectivity index (χ2v) is 6.39. The summed E-state index contributed by atoms with van der Waals surface area (Å²) in [5, 5.41) is 33.1. The monoisotopic (exact) mass is 377 g/mol. The number of hydrogen-bond donors (Lipinski definition) is 3. The minimum atomic E-state index is -4.54. The van der Waals surface area contributed by atoms with Crippen LogP contribution in [0.1, 0.15) is 18.4 Å². The maximum absolute atomic E-state index is 13.1. The van der Waals surface area contributed by atoms with Gasteiger partial charge in [0.15, 0.2) is 12.1 Å². The van der Waals surface area contributed by atoms with Crippen molar-refractivity contribution in [3.63, 3.8) is 0 Å². The summed E-state index contributed by atoms with van der Waals surface area (Å²) in [6, 6.07) is 1.81. The van der Waals surface area contributed by atoms with Crippen LogP contribution in [0, 0.1) is 10.1 Å². The number of phenolic OH excluding ortho intramolecular Hbond substituents is 1. The Balaban J connectivity index is 2.03. The molecule has 1 aromatic carbocycles. The van der Waals surface area contributed by atoms with Crippen LogP contribution in [0.25, 0.3) is 0 Å². The summed E-state index contributed by atoms with van der Waals surface area (Å²) in [7, 11) is 0. The summed E-state index contributed by atoms with van der Waals surface area (Å²) >= 11 is 0. The minimum absolute atomic E-state index is 0.231. The number of rotatable bonds is 3. The minimum Gasteiger partial charge on any atom is -0.502 e. The third-order valence-electron chi connectivity index (χ3n) is 5.00. The molecule has 8 nitrogen and oxygen atoms in total. The van der Waals surface area contributed by atoms with Gasteiger partial charge in [0, 0.05) is 25.8 Å². The number of hydrogen-bond acceptors (Lipinski definition) is 7. The molecule has 0 spiro atoms. The predicted molar refractivity (Wildman–Crippen MR) is 82.2 cm³/mol. The lowest BCUT2D eigenvalue weighted by atomic mass is 9.80. The fourth-order valence-corrected chi connectivity index (χ4v) is 3.64. The molecule has 0 saturated carbocycles. The van der Waals surface area contributed by atoms with E-state index < -0.39 is 47.0 Å². The fourth-order valence-electron chi connectivity index (χ4n) is 3.64. The first kappa shape index (κ1) is 18.8. The second kappa shape index (κ2) is 6.65. The zero-order valence-corrected chi connectivity index (χ0v) is 13.6. The standard InChI is InChI=1S/C15H18F3N3O5/c16-15(17,18)12-8-20(13(23)19-12)14(3-5-26-6-4-14)9-1-2-11(22)10(7-9)21(24)25/h1-2,7,12-13,19,22-23H,3-6,8H2. The largest absolute Gasteiger partial charge is 0.502 e. The number of halogens is 3. The molecule has 0 amide bonds. The van der Waals surface area contributed by atoms with Crippen LogP contribution >= 0.6 is 0 Å². The van der Waals surface area contributed by atoms with Gasteiger partial charge in [0.1, 0.15) is 6.04 Å². The van der Waals surface area contributed by atoms with Crippen molar-refractivity contribution in [1.82, 2.24) is 10.2 Å². The zero-order valence-electron chi connectivity index (χ0n) is 13.6. The fraction of sp³-hybridized carbons (Fsp3) is 0.600. The average Bonchev–Trinajstić information content (AvgIpc) is 2.98. The molecular formula is C15H18F3N3O5. The van der Waals surface area contributed by atoms with Crippen molar-refractivity contribution in [1.29, 1.82) is 0 Å². The number of ether oxygens (including phenoxy) is 1. The topological polar surface area (TPSA) is 108 Å². The Morgan fingerprint density at radius 3 is 2.54 bits per heavy atom. The normalized spacial score (nSPS) is 26.8. The summed E-state index contributed by atoms with van der Waals surface area (Å²) < 4.78 is 44.5. The van der Waals surface area contributed by atoms with Crippen LogP contribution in [-0.2, 0) is 10.3 Å². The van der Waals surface area contributed by atoms with Crippen LogP contribution in [0.4, 0.5) is 18.9 Å². The van der Waals surface area contributed by atoms with Gasteiger partial charge in [0.2, 0.25) is 0 Å². The summed E-state index contributed by atoms with van der Waals surface area (Å²) in [5.41, 5.74) is -1.26. The van der Waals surface area contributed by atoms with E-state index in [-0.39, 0.29) is 26.1 Å². The number of phenols is 1. The van der Waals surface area contributed by atoms with Gasteiger partial charge in [0.05, 0.1) is 10.5 Å². The molecule has 0 radical (unpaired) electrons. The van der Waals surface area contributed by atoms with Gasteiger partial charge in [0.25, 0.3) is 0 Å². The van der Waals surface area contributed by atoms with E-state index in [0.29, 0.717) is 5.56 Å². The van der Waals surface area contributed by atoms with Crippen LogP contribution in [0.15, 0.2) is 18.2 Å². The number of nitro benzene ring substituents is 1. The van der Waals surface area contributed by atoms with Crippen molar-refractivity contribution in [2.24, 2.45) is 0 Å². The number of nitro groups is 1. The molecular weight excluding hydrogens is 359 g/mol. The van der Waals surface area contributed by atoms with Gasteiger partial charge in [-0.1, -0.05) is 6.07 Å². The van der Waals surface area contributed by atoms with Crippen molar-refractivity contribution < 1.29 is 33.0 Å². The first-order chi connectivity index (χ1) is 12.1. The number of aliphatic hydroxyl groups is 1. The molecule has 2 fully saturated rings. The van der Waals surface area contributed by atoms with E-state index in [1.807, 2.05) is 0 Å². The highest BCUT2D eigenvalue weighted by molar-refractivity contribution is 5.49. The van der Waals surface area contributed by atoms with Crippen molar-refractivity contribution >= 4 is 5.69 Å². The van der Waals surface area contributed by atoms with Crippen LogP contribution < -0.4 is 5.32 Å². The summed E-state index contributed by atoms with van der Waals surface area (Å²) in [4.78, 5) is 11.6. The summed E-state index contributed by atoms with van der Waals surface area (Å²) in [5.74, 6) is -0.533. The second-order valence-electron chi connectivity index (χ2n) is 6.39. The maximum atomic E-state index is 13.1. The number of aliphatic hydroxyl groups excluding tert-OH is 1. The molecule has 0 bridgehead atoms. The molecule has 144 valence electrons. The molecule has 2 atom stereocenters. The van der Waals surface area contributed by atoms with E-state index in [2.05, 4.69) is 5.32 Å². The van der Waals surface area contributed by atoms with E-state index in [1.165, 1.54) is 11.0 Å². The van der Waals surface area contributed by atoms with Gasteiger partial charge in [-0.2, -0.15) is 13.2 Å². The first-order valence-electron chi connectivity index (χ1n) is 7.98. The van der Waals surface area contributed by atoms with E-state index in [0.717, 1.165) is 12.1 Å². The maximum Gasteiger partial charge on any atom is 0.405 e. The van der Waals surface area contributed by atoms with Gasteiger partial charge >= 0.3 is 11.9 Å². The quantitative estimate of drug-likeness (QED) is 0.540. The van der Waals surface area contributed by atoms with Crippen LogP contribution in [0.3, 0.4) is 0 Å². The lowest BCUT2D eigenvalue weighted by Crippen LogP contribution is -2.53. The van der Waals surface area contributed by atoms with Crippen LogP contribution in [0.5, 0.6) is 5.75 Å². The molecule has 2 heterocycles. The highest BCUT2D eigenvalue weighted by Gasteiger charge is 2.53. The molecule has 0 aromatic heterocycles. The van der Waals surface area contributed by atoms with Gasteiger partial charge in [-0.25, -0.2) is 0 Å². The predicted octanol–water partition coefficient (Wildman–Crippen LogP) is 1.42. The van der Waals surface area contributed by atoms with Gasteiger partial charge < -0.3 is 14.9 Å². The van der Waals surface area contributed by atoms with Gasteiger partial charge in [-0.15, -0.1) is 0 Å². The Kier molecular flexibility index (Phi) is 4.82. The Hall–Kier alpha value is -1.95. The first-order valence-corrected chi connectivity index (χ1v) is 7.98. The Morgan fingerprint density at radius 1 is 1.35 bits per heavy atom. The lowest BCUT2D eigenvalue weighted by Gasteiger charge is -2.46. The van der Waals surface area contributed by atoms with E-state index >= 15 is 0 Å². The molecule has 2 unspecified atom stereocenters. The number of alkyl halides is 3. The van der Waals surface area contributed by atoms with Crippen molar-refractivity contribution in [2.75, 3.05) is 19.8 Å². The third-order valence-corrected chi connectivity index (χ3v) is 5.00. The SMILES string of the molecule is O=[N+]([O-])c1cc(C2(N3CC(C(F)(F)F)NC3O)CCOCC2)ccc1O. The Morgan fingerprint density at radius 2 is 2.00 bits per heavy atom. The lowest BCUT2D eigenvalue weighted by molar-refractivity contribution is -0.386.